The van der Waals surface area contributed by atoms with Gasteiger partial charge in [0.1, 0.15) is 11.5 Å². The zero-order valence-electron chi connectivity index (χ0n) is 19.4. The van der Waals surface area contributed by atoms with Gasteiger partial charge in [-0.2, -0.15) is 0 Å². The van der Waals surface area contributed by atoms with Gasteiger partial charge in [-0.25, -0.2) is 18.0 Å². The summed E-state index contributed by atoms with van der Waals surface area (Å²) >= 11 is 0. The average molecular weight is 489 g/mol. The Morgan fingerprint density at radius 2 is 1.80 bits per heavy atom. The van der Waals surface area contributed by atoms with Crippen molar-refractivity contribution in [2.45, 2.75) is 32.4 Å². The second kappa shape index (κ2) is 10.6. The molecule has 0 unspecified atom stereocenters. The molecule has 35 heavy (non-hydrogen) atoms. The molecule has 0 aromatic heterocycles. The Morgan fingerprint density at radius 1 is 1.14 bits per heavy atom. The molecule has 2 aromatic carbocycles. The molecule has 0 spiro atoms. The van der Waals surface area contributed by atoms with Crippen LogP contribution in [0.25, 0.3) is 0 Å². The quantitative estimate of drug-likeness (QED) is 0.409. The number of halogens is 3. The molecule has 1 amide bonds. The molecular formula is C25H27F3N4O3. The van der Waals surface area contributed by atoms with Gasteiger partial charge in [-0.15, -0.1) is 0 Å². The maximum Gasteiger partial charge on any atom is 0.353 e. The van der Waals surface area contributed by atoms with Crippen LogP contribution in [-0.4, -0.2) is 41.5 Å². The van der Waals surface area contributed by atoms with Crippen molar-refractivity contribution < 1.29 is 27.9 Å². The van der Waals surface area contributed by atoms with E-state index in [-0.39, 0.29) is 37.2 Å². The second-order valence-corrected chi connectivity index (χ2v) is 8.35. The van der Waals surface area contributed by atoms with Crippen molar-refractivity contribution in [1.82, 2.24) is 10.2 Å². The number of hydrogen-bond donors (Lipinski definition) is 3. The standard InChI is InChI=1S/C25H27F3N4O3/c1-14(2)32-21-7-5-4-6-15(21)12-31(13-22(32)24(30-3)25(34)35)23(33)10-17(29)8-16-9-19(27)20(28)11-18(16)26/h4-7,9,11,17,30H,1,8,10,12-13,29H2,2-3H3,(H,34,35)/b24-22-/t17-/m1/s1. The van der Waals surface area contributed by atoms with Crippen LogP contribution in [0.3, 0.4) is 0 Å². The van der Waals surface area contributed by atoms with Gasteiger partial charge >= 0.3 is 5.97 Å². The van der Waals surface area contributed by atoms with E-state index in [1.807, 2.05) is 12.1 Å². The number of carboxylic acids is 1. The molecule has 186 valence electrons. The molecule has 0 saturated carbocycles. The lowest BCUT2D eigenvalue weighted by Crippen LogP contribution is -2.39. The Morgan fingerprint density at radius 3 is 2.43 bits per heavy atom. The first-order valence-electron chi connectivity index (χ1n) is 10.9. The van der Waals surface area contributed by atoms with Crippen LogP contribution in [0.15, 0.2) is 60.1 Å². The molecule has 0 saturated heterocycles. The molecule has 3 rings (SSSR count). The fourth-order valence-corrected chi connectivity index (χ4v) is 4.13. The highest BCUT2D eigenvalue weighted by atomic mass is 19.2. The highest BCUT2D eigenvalue weighted by Crippen LogP contribution is 2.33. The summed E-state index contributed by atoms with van der Waals surface area (Å²) in [5, 5.41) is 12.5. The summed E-state index contributed by atoms with van der Waals surface area (Å²) in [5.41, 5.74) is 8.16. The highest BCUT2D eigenvalue weighted by molar-refractivity contribution is 5.89. The lowest BCUT2D eigenvalue weighted by atomic mass is 10.0. The summed E-state index contributed by atoms with van der Waals surface area (Å²) in [4.78, 5) is 28.4. The van der Waals surface area contributed by atoms with E-state index in [0.29, 0.717) is 23.1 Å². The Balaban J connectivity index is 1.93. The minimum atomic E-state index is -1.31. The summed E-state index contributed by atoms with van der Waals surface area (Å²) in [6.45, 7) is 5.83. The van der Waals surface area contributed by atoms with Crippen molar-refractivity contribution >= 4 is 17.6 Å². The smallest absolute Gasteiger partial charge is 0.353 e. The summed E-state index contributed by atoms with van der Waals surface area (Å²) in [5.74, 6) is -5.06. The summed E-state index contributed by atoms with van der Waals surface area (Å²) in [6, 6.07) is 7.54. The van der Waals surface area contributed by atoms with Gasteiger partial charge in [-0.3, -0.25) is 4.79 Å². The molecule has 0 radical (unpaired) electrons. The number of benzene rings is 2. The number of nitrogens with zero attached hydrogens (tertiary/aromatic N) is 2. The Kier molecular flexibility index (Phi) is 7.85. The normalized spacial score (nSPS) is 15.7. The molecule has 0 aliphatic carbocycles. The van der Waals surface area contributed by atoms with E-state index >= 15 is 0 Å². The van der Waals surface area contributed by atoms with Crippen LogP contribution in [0, 0.1) is 17.5 Å². The highest BCUT2D eigenvalue weighted by Gasteiger charge is 2.31. The van der Waals surface area contributed by atoms with Gasteiger partial charge in [0, 0.05) is 37.8 Å². The number of para-hydroxylation sites is 1. The monoisotopic (exact) mass is 488 g/mol. The van der Waals surface area contributed by atoms with E-state index in [2.05, 4.69) is 11.9 Å². The van der Waals surface area contributed by atoms with Gasteiger partial charge in [0.15, 0.2) is 11.6 Å². The van der Waals surface area contributed by atoms with E-state index in [1.165, 1.54) is 11.9 Å². The van der Waals surface area contributed by atoms with Crippen LogP contribution >= 0.6 is 0 Å². The number of amides is 1. The fraction of sp³-hybridized carbons (Fsp3) is 0.280. The van der Waals surface area contributed by atoms with Crippen molar-refractivity contribution in [2.24, 2.45) is 5.73 Å². The number of nitrogens with two attached hydrogens (primary N) is 1. The number of hydrogen-bond acceptors (Lipinski definition) is 5. The lowest BCUT2D eigenvalue weighted by Gasteiger charge is -2.29. The number of carbonyl (C=O) groups is 2. The van der Waals surface area contributed by atoms with Crippen molar-refractivity contribution in [2.75, 3.05) is 18.5 Å². The largest absolute Gasteiger partial charge is 0.477 e. The van der Waals surface area contributed by atoms with Crippen LogP contribution in [0.4, 0.5) is 18.9 Å². The van der Waals surface area contributed by atoms with Crippen LogP contribution in [0.1, 0.15) is 24.5 Å². The van der Waals surface area contributed by atoms with E-state index in [1.54, 1.807) is 24.0 Å². The first-order chi connectivity index (χ1) is 16.5. The average Bonchev–Trinajstić information content (AvgIpc) is 2.95. The number of fused-ring (bicyclic) bond motifs is 1. The lowest BCUT2D eigenvalue weighted by molar-refractivity contribution is -0.134. The maximum absolute atomic E-state index is 14.0. The molecular weight excluding hydrogens is 461 g/mol. The van der Waals surface area contributed by atoms with Gasteiger partial charge in [0.2, 0.25) is 5.91 Å². The third-order valence-electron chi connectivity index (χ3n) is 5.70. The SMILES string of the molecule is C=C(C)N1/C(=C(\NC)C(=O)O)CN(C(=O)C[C@H](N)Cc2cc(F)c(F)cc2F)Cc2ccccc21. The molecule has 1 atom stereocenters. The summed E-state index contributed by atoms with van der Waals surface area (Å²) in [7, 11) is 1.47. The van der Waals surface area contributed by atoms with E-state index in [0.717, 1.165) is 11.6 Å². The zero-order valence-corrected chi connectivity index (χ0v) is 19.4. The third-order valence-corrected chi connectivity index (χ3v) is 5.70. The predicted octanol–water partition coefficient (Wildman–Crippen LogP) is 3.26. The van der Waals surface area contributed by atoms with E-state index in [4.69, 9.17) is 5.73 Å². The van der Waals surface area contributed by atoms with Gasteiger partial charge in [-0.05, 0) is 36.6 Å². The molecule has 1 aliphatic rings. The fourth-order valence-electron chi connectivity index (χ4n) is 4.13. The molecule has 1 heterocycles. The van der Waals surface area contributed by atoms with Gasteiger partial charge < -0.3 is 26.0 Å². The van der Waals surface area contributed by atoms with Crippen LogP contribution in [0.2, 0.25) is 0 Å². The molecule has 4 N–H and O–H groups in total. The topological polar surface area (TPSA) is 98.9 Å². The zero-order chi connectivity index (χ0) is 25.9. The minimum absolute atomic E-state index is 0.0604. The van der Waals surface area contributed by atoms with Crippen molar-refractivity contribution in [3.05, 3.63) is 88.6 Å². The van der Waals surface area contributed by atoms with Crippen LogP contribution in [0.5, 0.6) is 0 Å². The van der Waals surface area contributed by atoms with Crippen molar-refractivity contribution in [3.63, 3.8) is 0 Å². The summed E-state index contributed by atoms with van der Waals surface area (Å²) < 4.78 is 40.8. The van der Waals surface area contributed by atoms with Crippen LogP contribution < -0.4 is 16.0 Å². The number of anilines is 1. The van der Waals surface area contributed by atoms with Crippen LogP contribution in [-0.2, 0) is 22.6 Å². The van der Waals surface area contributed by atoms with Crippen molar-refractivity contribution in [3.8, 4) is 0 Å². The summed E-state index contributed by atoms with van der Waals surface area (Å²) in [6.07, 6.45) is -0.403. The Hall–Kier alpha value is -3.79. The Labute approximate surface area is 201 Å². The first kappa shape index (κ1) is 25.8. The number of aliphatic carboxylic acids is 1. The number of carboxylic acid groups (broad SMARTS) is 1. The minimum Gasteiger partial charge on any atom is -0.477 e. The molecule has 0 fully saturated rings. The number of allylic oxidation sites excluding steroid dienone is 1. The second-order valence-electron chi connectivity index (χ2n) is 8.35. The van der Waals surface area contributed by atoms with Gasteiger partial charge in [0.25, 0.3) is 0 Å². The van der Waals surface area contributed by atoms with E-state index in [9.17, 15) is 27.9 Å². The Bertz CT molecular complexity index is 1200. The maximum atomic E-state index is 14.0. The number of carbonyl (C=O) groups excluding carboxylic acids is 1. The molecule has 7 nitrogen and oxygen atoms in total. The third kappa shape index (κ3) is 5.65. The van der Waals surface area contributed by atoms with Gasteiger partial charge in [-0.1, -0.05) is 24.8 Å². The molecule has 0 bridgehead atoms. The van der Waals surface area contributed by atoms with Gasteiger partial charge in [0.05, 0.1) is 17.9 Å². The van der Waals surface area contributed by atoms with E-state index < -0.39 is 35.4 Å². The molecule has 1 aliphatic heterocycles. The van der Waals surface area contributed by atoms with Crippen molar-refractivity contribution in [1.29, 1.82) is 0 Å². The number of nitrogens with one attached hydrogen (secondary N) is 1. The molecule has 2 aromatic rings. The number of rotatable bonds is 7. The predicted molar refractivity (Wildman–Crippen MR) is 125 cm³/mol. The first-order valence-corrected chi connectivity index (χ1v) is 10.9. The molecule has 10 heteroatoms. The number of likely N-dealkylation sites (N-methyl/N-ethyl adjacent to an activating group) is 1.